The van der Waals surface area contributed by atoms with Gasteiger partial charge in [-0.05, 0) is 50.2 Å². The maximum Gasteiger partial charge on any atom is 0.230 e. The maximum absolute atomic E-state index is 12.1. The molecule has 1 aliphatic heterocycles. The number of hydrogen-bond donors (Lipinski definition) is 1. The van der Waals surface area contributed by atoms with E-state index in [1.54, 1.807) is 18.4 Å². The van der Waals surface area contributed by atoms with Crippen molar-refractivity contribution in [2.45, 2.75) is 25.8 Å². The molecule has 2 aromatic rings. The van der Waals surface area contributed by atoms with Crippen LogP contribution in [0.1, 0.15) is 23.5 Å². The molecule has 0 radical (unpaired) electrons. The van der Waals surface area contributed by atoms with Gasteiger partial charge in [0.15, 0.2) is 0 Å². The van der Waals surface area contributed by atoms with Crippen molar-refractivity contribution in [1.29, 1.82) is 0 Å². The van der Waals surface area contributed by atoms with E-state index >= 15 is 0 Å². The summed E-state index contributed by atoms with van der Waals surface area (Å²) in [5.74, 6) is 0.724. The Morgan fingerprint density at radius 2 is 2.04 bits per heavy atom. The first-order chi connectivity index (χ1) is 11.2. The highest BCUT2D eigenvalue weighted by atomic mass is 32.1. The fraction of sp³-hybridized carbons (Fsp3) is 0.412. The lowest BCUT2D eigenvalue weighted by molar-refractivity contribution is -0.115. The Balaban J connectivity index is 1.51. The van der Waals surface area contributed by atoms with Crippen molar-refractivity contribution in [3.05, 3.63) is 40.3 Å². The molecular weight excluding hydrogens is 310 g/mol. The molecule has 3 rings (SSSR count). The SMILES string of the molecule is COc1ccc(NC(=O)Cc2csc(CN3CCCC3)n2)cc1. The van der Waals surface area contributed by atoms with Gasteiger partial charge in [-0.1, -0.05) is 0 Å². The molecule has 5 nitrogen and oxygen atoms in total. The summed E-state index contributed by atoms with van der Waals surface area (Å²) in [7, 11) is 1.62. The van der Waals surface area contributed by atoms with Crippen molar-refractivity contribution in [2.75, 3.05) is 25.5 Å². The number of methoxy groups -OCH3 is 1. The minimum absolute atomic E-state index is 0.0480. The van der Waals surface area contributed by atoms with Gasteiger partial charge in [-0.2, -0.15) is 0 Å². The van der Waals surface area contributed by atoms with Crippen LogP contribution in [0.2, 0.25) is 0 Å². The predicted molar refractivity (Wildman–Crippen MR) is 92.0 cm³/mol. The quantitative estimate of drug-likeness (QED) is 0.884. The highest BCUT2D eigenvalue weighted by Gasteiger charge is 2.14. The number of rotatable bonds is 6. The second kappa shape index (κ2) is 7.57. The van der Waals surface area contributed by atoms with Crippen molar-refractivity contribution in [2.24, 2.45) is 0 Å². The zero-order valence-electron chi connectivity index (χ0n) is 13.2. The van der Waals surface area contributed by atoms with E-state index in [9.17, 15) is 4.79 Å². The number of aromatic nitrogens is 1. The van der Waals surface area contributed by atoms with Crippen LogP contribution in [0.15, 0.2) is 29.6 Å². The molecule has 23 heavy (non-hydrogen) atoms. The molecule has 1 aromatic carbocycles. The molecule has 0 aliphatic carbocycles. The lowest BCUT2D eigenvalue weighted by Crippen LogP contribution is -2.18. The summed E-state index contributed by atoms with van der Waals surface area (Å²) in [4.78, 5) is 19.1. The van der Waals surface area contributed by atoms with E-state index in [1.807, 2.05) is 29.6 Å². The molecule has 122 valence electrons. The summed E-state index contributed by atoms with van der Waals surface area (Å²) < 4.78 is 5.10. The number of carbonyl (C=O) groups is 1. The Labute approximate surface area is 140 Å². The number of anilines is 1. The smallest absolute Gasteiger partial charge is 0.230 e. The fourth-order valence-electron chi connectivity index (χ4n) is 2.68. The fourth-order valence-corrected chi connectivity index (χ4v) is 3.51. The van der Waals surface area contributed by atoms with E-state index < -0.39 is 0 Å². The number of nitrogens with one attached hydrogen (secondary N) is 1. The van der Waals surface area contributed by atoms with Gasteiger partial charge in [-0.15, -0.1) is 11.3 Å². The summed E-state index contributed by atoms with van der Waals surface area (Å²) in [5.41, 5.74) is 1.61. The first-order valence-corrected chi connectivity index (χ1v) is 8.70. The van der Waals surface area contributed by atoms with Gasteiger partial charge >= 0.3 is 0 Å². The van der Waals surface area contributed by atoms with Gasteiger partial charge in [0.05, 0.1) is 25.8 Å². The third-order valence-corrected chi connectivity index (χ3v) is 4.75. The van der Waals surface area contributed by atoms with Gasteiger partial charge in [-0.25, -0.2) is 4.98 Å². The van der Waals surface area contributed by atoms with Gasteiger partial charge < -0.3 is 10.1 Å². The molecule has 0 saturated carbocycles. The van der Waals surface area contributed by atoms with Crippen LogP contribution in [0.25, 0.3) is 0 Å². The van der Waals surface area contributed by atoms with E-state index in [0.717, 1.165) is 41.8 Å². The van der Waals surface area contributed by atoms with Gasteiger partial charge in [0.1, 0.15) is 10.8 Å². The monoisotopic (exact) mass is 331 g/mol. The molecule has 1 aliphatic rings. The summed E-state index contributed by atoms with van der Waals surface area (Å²) in [6, 6.07) is 7.31. The maximum atomic E-state index is 12.1. The van der Waals surface area contributed by atoms with Crippen molar-refractivity contribution in [3.63, 3.8) is 0 Å². The molecule has 6 heteroatoms. The van der Waals surface area contributed by atoms with Gasteiger partial charge in [0.2, 0.25) is 5.91 Å². The molecule has 1 saturated heterocycles. The normalized spacial score (nSPS) is 14.8. The van der Waals surface area contributed by atoms with Crippen molar-refractivity contribution in [1.82, 2.24) is 9.88 Å². The van der Waals surface area contributed by atoms with Crippen molar-refractivity contribution in [3.8, 4) is 5.75 Å². The van der Waals surface area contributed by atoms with Crippen LogP contribution in [-0.2, 0) is 17.8 Å². The largest absolute Gasteiger partial charge is 0.497 e. The molecule has 1 N–H and O–H groups in total. The lowest BCUT2D eigenvalue weighted by atomic mass is 10.2. The van der Waals surface area contributed by atoms with E-state index in [1.165, 1.54) is 12.8 Å². The zero-order valence-corrected chi connectivity index (χ0v) is 14.1. The topological polar surface area (TPSA) is 54.5 Å². The highest BCUT2D eigenvalue weighted by Crippen LogP contribution is 2.18. The van der Waals surface area contributed by atoms with Crippen LogP contribution < -0.4 is 10.1 Å². The summed E-state index contributed by atoms with van der Waals surface area (Å²) in [6.07, 6.45) is 2.87. The third kappa shape index (κ3) is 4.53. The molecule has 0 atom stereocenters. The Bertz CT molecular complexity index is 648. The summed E-state index contributed by atoms with van der Waals surface area (Å²) in [5, 5.41) is 5.97. The minimum atomic E-state index is -0.0480. The summed E-state index contributed by atoms with van der Waals surface area (Å²) >= 11 is 1.64. The molecule has 1 aromatic heterocycles. The van der Waals surface area contributed by atoms with Gasteiger partial charge in [0, 0.05) is 11.1 Å². The molecule has 1 amide bonds. The minimum Gasteiger partial charge on any atom is -0.497 e. The molecule has 1 fully saturated rings. The van der Waals surface area contributed by atoms with Crippen molar-refractivity contribution >= 4 is 22.9 Å². The average Bonchev–Trinajstić information content (AvgIpc) is 3.21. The average molecular weight is 331 g/mol. The molecule has 0 unspecified atom stereocenters. The third-order valence-electron chi connectivity index (χ3n) is 3.87. The number of thiazole rings is 1. The first-order valence-electron chi connectivity index (χ1n) is 7.82. The van der Waals surface area contributed by atoms with Crippen LogP contribution in [-0.4, -0.2) is 36.0 Å². The van der Waals surface area contributed by atoms with Crippen LogP contribution in [0, 0.1) is 0 Å². The van der Waals surface area contributed by atoms with Gasteiger partial charge in [-0.3, -0.25) is 9.69 Å². The van der Waals surface area contributed by atoms with E-state index in [2.05, 4.69) is 15.2 Å². The summed E-state index contributed by atoms with van der Waals surface area (Å²) in [6.45, 7) is 3.23. The first kappa shape index (κ1) is 16.0. The Morgan fingerprint density at radius 1 is 1.30 bits per heavy atom. The number of amides is 1. The Morgan fingerprint density at radius 3 is 2.74 bits per heavy atom. The molecule has 2 heterocycles. The van der Waals surface area contributed by atoms with Crippen LogP contribution in [0.5, 0.6) is 5.75 Å². The number of hydrogen-bond acceptors (Lipinski definition) is 5. The van der Waals surface area contributed by atoms with Crippen LogP contribution >= 0.6 is 11.3 Å². The second-order valence-corrected chi connectivity index (χ2v) is 6.61. The number of ether oxygens (including phenoxy) is 1. The van der Waals surface area contributed by atoms with Crippen molar-refractivity contribution < 1.29 is 9.53 Å². The van der Waals surface area contributed by atoms with Crippen LogP contribution in [0.3, 0.4) is 0 Å². The molecule has 0 spiro atoms. The van der Waals surface area contributed by atoms with Gasteiger partial charge in [0.25, 0.3) is 0 Å². The standard InChI is InChI=1S/C17H21N3O2S/c1-22-15-6-4-13(5-7-15)18-16(21)10-14-12-23-17(19-14)11-20-8-2-3-9-20/h4-7,12H,2-3,8-11H2,1H3,(H,18,21). The number of nitrogens with zero attached hydrogens (tertiary/aromatic N) is 2. The van der Waals surface area contributed by atoms with Crippen LogP contribution in [0.4, 0.5) is 5.69 Å². The van der Waals surface area contributed by atoms with E-state index in [4.69, 9.17) is 4.74 Å². The lowest BCUT2D eigenvalue weighted by Gasteiger charge is -2.11. The number of carbonyl (C=O) groups excluding carboxylic acids is 1. The molecule has 0 bridgehead atoms. The predicted octanol–water partition coefficient (Wildman–Crippen LogP) is 2.93. The zero-order chi connectivity index (χ0) is 16.1. The molecular formula is C17H21N3O2S. The Hall–Kier alpha value is -1.92. The second-order valence-electron chi connectivity index (χ2n) is 5.67. The number of benzene rings is 1. The van der Waals surface area contributed by atoms with E-state index in [-0.39, 0.29) is 5.91 Å². The van der Waals surface area contributed by atoms with E-state index in [0.29, 0.717) is 6.42 Å². The number of likely N-dealkylation sites (tertiary alicyclic amines) is 1. The highest BCUT2D eigenvalue weighted by molar-refractivity contribution is 7.09. The Kier molecular flexibility index (Phi) is 5.25.